The molecule has 4 heteroatoms. The average Bonchev–Trinajstić information content (AvgIpc) is 2.72. The van der Waals surface area contributed by atoms with Gasteiger partial charge >= 0.3 is 0 Å². The number of aryl methyl sites for hydroxylation is 2. The molecule has 2 aromatic heterocycles. The van der Waals surface area contributed by atoms with Gasteiger partial charge in [0.05, 0.1) is 12.0 Å². The van der Waals surface area contributed by atoms with Crippen LogP contribution in [0.15, 0.2) is 27.0 Å². The molecule has 0 atom stereocenters. The van der Waals surface area contributed by atoms with Crippen molar-refractivity contribution in [3.63, 3.8) is 0 Å². The van der Waals surface area contributed by atoms with E-state index in [1.165, 1.54) is 9.90 Å². The third kappa shape index (κ3) is 2.19. The van der Waals surface area contributed by atoms with Crippen LogP contribution in [-0.4, -0.2) is 4.98 Å². The van der Waals surface area contributed by atoms with Gasteiger partial charge in [-0.05, 0) is 19.9 Å². The quantitative estimate of drug-likeness (QED) is 0.746. The van der Waals surface area contributed by atoms with E-state index >= 15 is 0 Å². The van der Waals surface area contributed by atoms with Gasteiger partial charge in [-0.15, -0.1) is 23.1 Å². The highest BCUT2D eigenvalue weighted by molar-refractivity contribution is 7.98. The zero-order chi connectivity index (χ0) is 9.97. The van der Waals surface area contributed by atoms with Crippen LogP contribution in [0.5, 0.6) is 0 Å². The Labute approximate surface area is 91.4 Å². The molecule has 0 unspecified atom stereocenters. The van der Waals surface area contributed by atoms with Gasteiger partial charge in [-0.2, -0.15) is 0 Å². The maximum absolute atomic E-state index is 5.22. The largest absolute Gasteiger partial charge is 0.468 e. The van der Waals surface area contributed by atoms with Crippen molar-refractivity contribution in [2.45, 2.75) is 24.5 Å². The predicted molar refractivity (Wildman–Crippen MR) is 59.9 cm³/mol. The number of hydrogen-bond acceptors (Lipinski definition) is 4. The Kier molecular flexibility index (Phi) is 2.93. The first-order valence-electron chi connectivity index (χ1n) is 4.33. The van der Waals surface area contributed by atoms with Gasteiger partial charge in [0.25, 0.3) is 0 Å². The Morgan fingerprint density at radius 2 is 2.36 bits per heavy atom. The normalized spacial score (nSPS) is 10.7. The summed E-state index contributed by atoms with van der Waals surface area (Å²) in [5.74, 6) is 1.92. The van der Waals surface area contributed by atoms with Crippen molar-refractivity contribution in [2.75, 3.05) is 0 Å². The minimum Gasteiger partial charge on any atom is -0.468 e. The number of rotatable bonds is 3. The molecule has 0 amide bonds. The monoisotopic (exact) mass is 225 g/mol. The van der Waals surface area contributed by atoms with Gasteiger partial charge in [0.2, 0.25) is 0 Å². The highest BCUT2D eigenvalue weighted by atomic mass is 32.2. The van der Waals surface area contributed by atoms with Crippen LogP contribution in [0.1, 0.15) is 16.5 Å². The standard InChI is InChI=1S/C10H11NOS2/c1-7-5-14-10(11-7)6-13-9-3-4-12-8(9)2/h3-5H,6H2,1-2H3. The van der Waals surface area contributed by atoms with E-state index in [9.17, 15) is 0 Å². The molecular formula is C10H11NOS2. The Hall–Kier alpha value is -0.740. The zero-order valence-corrected chi connectivity index (χ0v) is 9.74. The Morgan fingerprint density at radius 1 is 1.50 bits per heavy atom. The van der Waals surface area contributed by atoms with Crippen LogP contribution in [-0.2, 0) is 5.75 Å². The molecule has 2 rings (SSSR count). The van der Waals surface area contributed by atoms with Crippen molar-refractivity contribution in [1.82, 2.24) is 4.98 Å². The molecular weight excluding hydrogens is 214 g/mol. The number of aromatic nitrogens is 1. The molecule has 0 aliphatic carbocycles. The van der Waals surface area contributed by atoms with E-state index in [0.29, 0.717) is 0 Å². The summed E-state index contributed by atoms with van der Waals surface area (Å²) in [7, 11) is 0. The summed E-state index contributed by atoms with van der Waals surface area (Å²) in [5.41, 5.74) is 1.11. The SMILES string of the molecule is Cc1csc(CSc2ccoc2C)n1. The first kappa shape index (κ1) is 9.80. The first-order valence-corrected chi connectivity index (χ1v) is 6.20. The van der Waals surface area contributed by atoms with Gasteiger partial charge in [-0.3, -0.25) is 0 Å². The maximum atomic E-state index is 5.22. The first-order chi connectivity index (χ1) is 6.75. The van der Waals surface area contributed by atoms with Gasteiger partial charge < -0.3 is 4.42 Å². The third-order valence-electron chi connectivity index (χ3n) is 1.83. The van der Waals surface area contributed by atoms with Crippen LogP contribution in [0.3, 0.4) is 0 Å². The molecule has 2 nitrogen and oxygen atoms in total. The molecule has 0 N–H and O–H groups in total. The Bertz CT molecular complexity index is 419. The molecule has 0 aliphatic heterocycles. The second-order valence-electron chi connectivity index (χ2n) is 3.01. The Balaban J connectivity index is 1.98. The van der Waals surface area contributed by atoms with Crippen molar-refractivity contribution in [1.29, 1.82) is 0 Å². The van der Waals surface area contributed by atoms with Crippen molar-refractivity contribution in [3.05, 3.63) is 34.2 Å². The smallest absolute Gasteiger partial charge is 0.114 e. The molecule has 0 bridgehead atoms. The third-order valence-corrected chi connectivity index (χ3v) is 4.13. The van der Waals surface area contributed by atoms with Gasteiger partial charge in [0.1, 0.15) is 10.8 Å². The fourth-order valence-corrected chi connectivity index (χ4v) is 2.88. The molecule has 2 heterocycles. The lowest BCUT2D eigenvalue weighted by Gasteiger charge is -1.95. The molecule has 74 valence electrons. The van der Waals surface area contributed by atoms with Gasteiger partial charge in [-0.1, -0.05) is 0 Å². The molecule has 0 aromatic carbocycles. The van der Waals surface area contributed by atoms with E-state index in [2.05, 4.69) is 10.4 Å². The molecule has 0 aliphatic rings. The summed E-state index contributed by atoms with van der Waals surface area (Å²) in [6.07, 6.45) is 1.73. The minimum absolute atomic E-state index is 0.929. The number of nitrogens with zero attached hydrogens (tertiary/aromatic N) is 1. The van der Waals surface area contributed by atoms with Crippen LogP contribution >= 0.6 is 23.1 Å². The van der Waals surface area contributed by atoms with E-state index in [1.54, 1.807) is 29.4 Å². The fraction of sp³-hybridized carbons (Fsp3) is 0.300. The van der Waals surface area contributed by atoms with Crippen molar-refractivity contribution in [3.8, 4) is 0 Å². The summed E-state index contributed by atoms with van der Waals surface area (Å²) in [6, 6.07) is 2.00. The van der Waals surface area contributed by atoms with Gasteiger partial charge in [-0.25, -0.2) is 4.98 Å². The van der Waals surface area contributed by atoms with Crippen LogP contribution in [0.2, 0.25) is 0 Å². The van der Waals surface area contributed by atoms with E-state index < -0.39 is 0 Å². The highest BCUT2D eigenvalue weighted by Gasteiger charge is 2.04. The topological polar surface area (TPSA) is 26.0 Å². The number of thiazole rings is 1. The molecule has 14 heavy (non-hydrogen) atoms. The lowest BCUT2D eigenvalue weighted by molar-refractivity contribution is 0.527. The average molecular weight is 225 g/mol. The lowest BCUT2D eigenvalue weighted by atomic mass is 10.5. The van der Waals surface area contributed by atoms with E-state index in [4.69, 9.17) is 4.42 Å². The van der Waals surface area contributed by atoms with Crippen LogP contribution in [0, 0.1) is 13.8 Å². The van der Waals surface area contributed by atoms with Crippen molar-refractivity contribution < 1.29 is 4.42 Å². The molecule has 0 saturated carbocycles. The summed E-state index contributed by atoms with van der Waals surface area (Å²) < 4.78 is 5.22. The number of hydrogen-bond donors (Lipinski definition) is 0. The Morgan fingerprint density at radius 3 is 2.93 bits per heavy atom. The molecule has 2 aromatic rings. The van der Waals surface area contributed by atoms with E-state index in [1.807, 2.05) is 19.9 Å². The van der Waals surface area contributed by atoms with Crippen molar-refractivity contribution in [2.24, 2.45) is 0 Å². The molecule has 0 saturated heterocycles. The second-order valence-corrected chi connectivity index (χ2v) is 4.97. The minimum atomic E-state index is 0.929. The fourth-order valence-electron chi connectivity index (χ4n) is 1.13. The molecule has 0 radical (unpaired) electrons. The predicted octanol–water partition coefficient (Wildman–Crippen LogP) is 3.65. The van der Waals surface area contributed by atoms with Gasteiger partial charge in [0.15, 0.2) is 0 Å². The van der Waals surface area contributed by atoms with Gasteiger partial charge in [0, 0.05) is 16.0 Å². The highest BCUT2D eigenvalue weighted by Crippen LogP contribution is 2.27. The maximum Gasteiger partial charge on any atom is 0.114 e. The van der Waals surface area contributed by atoms with Crippen LogP contribution in [0.25, 0.3) is 0 Å². The number of thioether (sulfide) groups is 1. The molecule has 0 fully saturated rings. The van der Waals surface area contributed by atoms with Crippen molar-refractivity contribution >= 4 is 23.1 Å². The van der Waals surface area contributed by atoms with Crippen LogP contribution < -0.4 is 0 Å². The lowest BCUT2D eigenvalue weighted by Crippen LogP contribution is -1.79. The van der Waals surface area contributed by atoms with E-state index in [0.717, 1.165) is 17.2 Å². The summed E-state index contributed by atoms with van der Waals surface area (Å²) in [5, 5.41) is 3.26. The van der Waals surface area contributed by atoms with E-state index in [-0.39, 0.29) is 0 Å². The summed E-state index contributed by atoms with van der Waals surface area (Å²) >= 11 is 3.49. The zero-order valence-electron chi connectivity index (χ0n) is 8.11. The number of furan rings is 1. The summed E-state index contributed by atoms with van der Waals surface area (Å²) in [4.78, 5) is 5.61. The second kappa shape index (κ2) is 4.19. The van der Waals surface area contributed by atoms with Crippen LogP contribution in [0.4, 0.5) is 0 Å². The molecule has 0 spiro atoms. The summed E-state index contributed by atoms with van der Waals surface area (Å²) in [6.45, 7) is 4.00.